The highest BCUT2D eigenvalue weighted by Crippen LogP contribution is 2.01. The molecule has 0 spiro atoms. The number of carbonyl (C=O) groups is 1. The Morgan fingerprint density at radius 1 is 1.35 bits per heavy atom. The first kappa shape index (κ1) is 11.5. The Balaban J connectivity index is 1.80. The minimum absolute atomic E-state index is 0.135. The number of rotatable bonds is 4. The molecule has 0 unspecified atom stereocenters. The zero-order chi connectivity index (χ0) is 11.9. The number of carbonyl (C=O) groups excluding carboxylic acids is 1. The van der Waals surface area contributed by atoms with Gasteiger partial charge >= 0.3 is 0 Å². The van der Waals surface area contributed by atoms with E-state index in [-0.39, 0.29) is 5.91 Å². The van der Waals surface area contributed by atoms with Crippen LogP contribution < -0.4 is 5.32 Å². The fraction of sp³-hybridized carbons (Fsp3) is 0.0769. The summed E-state index contributed by atoms with van der Waals surface area (Å²) in [5.41, 5.74) is 3.24. The summed E-state index contributed by atoms with van der Waals surface area (Å²) in [7, 11) is 0. The third kappa shape index (κ3) is 3.53. The van der Waals surface area contributed by atoms with Crippen LogP contribution in [0.2, 0.25) is 0 Å². The molecule has 0 aliphatic carbocycles. The van der Waals surface area contributed by atoms with Gasteiger partial charge in [0.25, 0.3) is 5.91 Å². The normalized spacial score (nSPS) is 10.6. The number of amides is 1. The predicted molar refractivity (Wildman–Crippen MR) is 69.9 cm³/mol. The van der Waals surface area contributed by atoms with Gasteiger partial charge in [0.2, 0.25) is 0 Å². The van der Waals surface area contributed by atoms with E-state index >= 15 is 0 Å². The molecule has 0 saturated carbocycles. The van der Waals surface area contributed by atoms with E-state index in [1.54, 1.807) is 10.9 Å². The molecule has 1 aromatic carbocycles. The van der Waals surface area contributed by atoms with E-state index in [1.807, 2.05) is 42.5 Å². The predicted octanol–water partition coefficient (Wildman–Crippen LogP) is 2.59. The molecule has 2 aromatic rings. The van der Waals surface area contributed by atoms with Gasteiger partial charge in [0.15, 0.2) is 0 Å². The second-order valence-electron chi connectivity index (χ2n) is 3.40. The molecule has 86 valence electrons. The number of hydrogen-bond acceptors (Lipinski definition) is 3. The minimum atomic E-state index is -0.135. The quantitative estimate of drug-likeness (QED) is 0.898. The highest BCUT2D eigenvalue weighted by atomic mass is 32.1. The van der Waals surface area contributed by atoms with Gasteiger partial charge in [0.05, 0.1) is 5.51 Å². The lowest BCUT2D eigenvalue weighted by Crippen LogP contribution is -2.23. The Bertz CT molecular complexity index is 491. The Kier molecular flexibility index (Phi) is 4.05. The maximum Gasteiger partial charge on any atom is 0.270 e. The van der Waals surface area contributed by atoms with Crippen LogP contribution in [0.25, 0.3) is 6.08 Å². The molecular formula is C13H12N2OS. The van der Waals surface area contributed by atoms with Gasteiger partial charge < -0.3 is 5.32 Å². The Morgan fingerprint density at radius 3 is 2.88 bits per heavy atom. The highest BCUT2D eigenvalue weighted by Gasteiger charge is 2.04. The van der Waals surface area contributed by atoms with Crippen LogP contribution in [-0.2, 0) is 0 Å². The van der Waals surface area contributed by atoms with Gasteiger partial charge in [-0.15, -0.1) is 11.3 Å². The van der Waals surface area contributed by atoms with Crippen LogP contribution in [0.3, 0.4) is 0 Å². The molecule has 0 bridgehead atoms. The summed E-state index contributed by atoms with van der Waals surface area (Å²) in [6.07, 6.45) is 3.89. The smallest absolute Gasteiger partial charge is 0.270 e. The Hall–Kier alpha value is -1.94. The zero-order valence-corrected chi connectivity index (χ0v) is 9.98. The van der Waals surface area contributed by atoms with E-state index in [4.69, 9.17) is 0 Å². The van der Waals surface area contributed by atoms with Crippen molar-refractivity contribution in [2.24, 2.45) is 0 Å². The number of nitrogens with zero attached hydrogens (tertiary/aromatic N) is 1. The Morgan fingerprint density at radius 2 is 2.18 bits per heavy atom. The molecule has 0 aliphatic heterocycles. The van der Waals surface area contributed by atoms with Crippen LogP contribution in [0.5, 0.6) is 0 Å². The summed E-state index contributed by atoms with van der Waals surface area (Å²) in [4.78, 5) is 15.5. The molecule has 1 aromatic heterocycles. The van der Waals surface area contributed by atoms with Crippen LogP contribution in [0.1, 0.15) is 16.1 Å². The average Bonchev–Trinajstić information content (AvgIpc) is 2.89. The summed E-state index contributed by atoms with van der Waals surface area (Å²) >= 11 is 1.41. The van der Waals surface area contributed by atoms with Crippen LogP contribution >= 0.6 is 11.3 Å². The summed E-state index contributed by atoms with van der Waals surface area (Å²) < 4.78 is 0. The van der Waals surface area contributed by atoms with Gasteiger partial charge in [-0.25, -0.2) is 4.98 Å². The van der Waals surface area contributed by atoms with Crippen LogP contribution in [0.15, 0.2) is 47.3 Å². The van der Waals surface area contributed by atoms with Crippen molar-refractivity contribution in [3.63, 3.8) is 0 Å². The van der Waals surface area contributed by atoms with Gasteiger partial charge in [-0.1, -0.05) is 42.5 Å². The molecule has 4 heteroatoms. The van der Waals surface area contributed by atoms with Crippen molar-refractivity contribution in [1.82, 2.24) is 10.3 Å². The van der Waals surface area contributed by atoms with Crippen molar-refractivity contribution in [1.29, 1.82) is 0 Å². The second-order valence-corrected chi connectivity index (χ2v) is 4.12. The van der Waals surface area contributed by atoms with Crippen LogP contribution in [-0.4, -0.2) is 17.4 Å². The van der Waals surface area contributed by atoms with Crippen molar-refractivity contribution in [3.05, 3.63) is 58.6 Å². The van der Waals surface area contributed by atoms with Crippen molar-refractivity contribution in [3.8, 4) is 0 Å². The molecule has 0 atom stereocenters. The lowest BCUT2D eigenvalue weighted by molar-refractivity contribution is 0.0954. The van der Waals surface area contributed by atoms with Gasteiger partial charge in [-0.3, -0.25) is 4.79 Å². The van der Waals surface area contributed by atoms with Crippen LogP contribution in [0.4, 0.5) is 0 Å². The number of nitrogens with one attached hydrogen (secondary N) is 1. The van der Waals surface area contributed by atoms with E-state index < -0.39 is 0 Å². The molecule has 17 heavy (non-hydrogen) atoms. The van der Waals surface area contributed by atoms with E-state index in [1.165, 1.54) is 11.3 Å². The molecule has 1 heterocycles. The summed E-state index contributed by atoms with van der Waals surface area (Å²) in [5.74, 6) is -0.135. The zero-order valence-electron chi connectivity index (χ0n) is 9.17. The highest BCUT2D eigenvalue weighted by molar-refractivity contribution is 7.07. The SMILES string of the molecule is O=C(NCC=Cc1ccccc1)c1cscn1. The molecule has 0 saturated heterocycles. The maximum absolute atomic E-state index is 11.5. The number of benzene rings is 1. The fourth-order valence-corrected chi connectivity index (χ4v) is 1.86. The topological polar surface area (TPSA) is 42.0 Å². The number of thiazole rings is 1. The van der Waals surface area contributed by atoms with Crippen molar-refractivity contribution in [2.45, 2.75) is 0 Å². The molecule has 0 radical (unpaired) electrons. The second kappa shape index (κ2) is 5.96. The molecule has 2 rings (SSSR count). The molecule has 3 nitrogen and oxygen atoms in total. The molecular weight excluding hydrogens is 232 g/mol. The van der Waals surface area contributed by atoms with Crippen molar-refractivity contribution in [2.75, 3.05) is 6.54 Å². The lowest BCUT2D eigenvalue weighted by atomic mass is 10.2. The Labute approximate surface area is 104 Å². The van der Waals surface area contributed by atoms with Gasteiger partial charge in [0, 0.05) is 11.9 Å². The number of aromatic nitrogens is 1. The molecule has 1 amide bonds. The standard InChI is InChI=1S/C13H12N2OS/c16-13(12-9-17-10-15-12)14-8-4-7-11-5-2-1-3-6-11/h1-7,9-10H,8H2,(H,14,16). The van der Waals surface area contributed by atoms with Crippen LogP contribution in [0, 0.1) is 0 Å². The van der Waals surface area contributed by atoms with E-state index in [0.29, 0.717) is 12.2 Å². The maximum atomic E-state index is 11.5. The average molecular weight is 244 g/mol. The van der Waals surface area contributed by atoms with Gasteiger partial charge in [-0.2, -0.15) is 0 Å². The summed E-state index contributed by atoms with van der Waals surface area (Å²) in [6, 6.07) is 9.96. The lowest BCUT2D eigenvalue weighted by Gasteiger charge is -1.98. The third-order valence-corrected chi connectivity index (χ3v) is 2.74. The first-order valence-electron chi connectivity index (χ1n) is 5.24. The summed E-state index contributed by atoms with van der Waals surface area (Å²) in [6.45, 7) is 0.505. The summed E-state index contributed by atoms with van der Waals surface area (Å²) in [5, 5.41) is 4.51. The van der Waals surface area contributed by atoms with E-state index in [0.717, 1.165) is 5.56 Å². The molecule has 0 aliphatic rings. The van der Waals surface area contributed by atoms with Gasteiger partial charge in [0.1, 0.15) is 5.69 Å². The van der Waals surface area contributed by atoms with Crippen molar-refractivity contribution >= 4 is 23.3 Å². The minimum Gasteiger partial charge on any atom is -0.347 e. The largest absolute Gasteiger partial charge is 0.347 e. The number of hydrogen-bond donors (Lipinski definition) is 1. The fourth-order valence-electron chi connectivity index (χ4n) is 1.33. The first-order chi connectivity index (χ1) is 8.36. The molecule has 0 fully saturated rings. The van der Waals surface area contributed by atoms with E-state index in [9.17, 15) is 4.79 Å². The van der Waals surface area contributed by atoms with E-state index in [2.05, 4.69) is 10.3 Å². The third-order valence-electron chi connectivity index (χ3n) is 2.16. The van der Waals surface area contributed by atoms with Crippen molar-refractivity contribution < 1.29 is 4.79 Å². The van der Waals surface area contributed by atoms with Gasteiger partial charge in [-0.05, 0) is 5.56 Å². The first-order valence-corrected chi connectivity index (χ1v) is 6.18. The monoisotopic (exact) mass is 244 g/mol. The molecule has 1 N–H and O–H groups in total.